The van der Waals surface area contributed by atoms with Crippen LogP contribution < -0.4 is 10.2 Å². The molecule has 2 heterocycles. The Hall–Kier alpha value is -2.27. The van der Waals surface area contributed by atoms with Crippen molar-refractivity contribution in [1.82, 2.24) is 15.3 Å². The molecule has 19 heavy (non-hydrogen) atoms. The molecule has 2 aromatic rings. The van der Waals surface area contributed by atoms with Crippen LogP contribution in [-0.2, 0) is 17.9 Å². The molecular weight excluding hydrogens is 240 g/mol. The number of aromatic nitrogens is 2. The fourth-order valence-corrected chi connectivity index (χ4v) is 2.18. The first-order valence-corrected chi connectivity index (χ1v) is 6.19. The summed E-state index contributed by atoms with van der Waals surface area (Å²) in [7, 11) is 0. The molecule has 0 saturated heterocycles. The average molecular weight is 254 g/mol. The summed E-state index contributed by atoms with van der Waals surface area (Å²) in [6.07, 6.45) is 3.38. The number of benzene rings is 1. The van der Waals surface area contributed by atoms with E-state index in [1.807, 2.05) is 24.3 Å². The standard InChI is InChI=1S/C14H14N4O/c19-14-9-15-8-11-4-1-2-5-12(11)18(14)10-13-16-6-3-7-17-13/h1-7,15H,8-10H2. The van der Waals surface area contributed by atoms with Crippen LogP contribution in [0.25, 0.3) is 0 Å². The SMILES string of the molecule is O=C1CNCc2ccccc2N1Cc1ncccn1. The Balaban J connectivity index is 1.96. The molecular formula is C14H14N4O. The lowest BCUT2D eigenvalue weighted by Gasteiger charge is -2.21. The van der Waals surface area contributed by atoms with Crippen molar-refractivity contribution in [2.24, 2.45) is 0 Å². The Labute approximate surface area is 111 Å². The quantitative estimate of drug-likeness (QED) is 0.872. The molecule has 1 amide bonds. The molecule has 1 aliphatic heterocycles. The van der Waals surface area contributed by atoms with Gasteiger partial charge < -0.3 is 10.2 Å². The van der Waals surface area contributed by atoms with Crippen molar-refractivity contribution in [3.05, 3.63) is 54.1 Å². The largest absolute Gasteiger partial charge is 0.304 e. The molecule has 96 valence electrons. The molecule has 0 fully saturated rings. The van der Waals surface area contributed by atoms with E-state index in [9.17, 15) is 4.79 Å². The van der Waals surface area contributed by atoms with Crippen LogP contribution in [0.3, 0.4) is 0 Å². The Kier molecular flexibility index (Phi) is 3.20. The lowest BCUT2D eigenvalue weighted by Crippen LogP contribution is -2.35. The van der Waals surface area contributed by atoms with E-state index >= 15 is 0 Å². The van der Waals surface area contributed by atoms with Gasteiger partial charge in [0.15, 0.2) is 0 Å². The van der Waals surface area contributed by atoms with Gasteiger partial charge in [0, 0.05) is 24.6 Å². The second-order valence-corrected chi connectivity index (χ2v) is 4.38. The summed E-state index contributed by atoms with van der Waals surface area (Å²) in [5.74, 6) is 0.685. The van der Waals surface area contributed by atoms with E-state index in [0.29, 0.717) is 25.5 Å². The third kappa shape index (κ3) is 2.46. The minimum atomic E-state index is 0.0393. The van der Waals surface area contributed by atoms with E-state index in [1.165, 1.54) is 0 Å². The third-order valence-electron chi connectivity index (χ3n) is 3.09. The molecule has 0 atom stereocenters. The van der Waals surface area contributed by atoms with Gasteiger partial charge in [-0.1, -0.05) is 18.2 Å². The van der Waals surface area contributed by atoms with Crippen molar-refractivity contribution >= 4 is 11.6 Å². The van der Waals surface area contributed by atoms with Crippen LogP contribution in [0.2, 0.25) is 0 Å². The monoisotopic (exact) mass is 254 g/mol. The van der Waals surface area contributed by atoms with Crippen LogP contribution in [0.15, 0.2) is 42.7 Å². The van der Waals surface area contributed by atoms with E-state index in [1.54, 1.807) is 23.4 Å². The molecule has 1 aromatic heterocycles. The Morgan fingerprint density at radius 2 is 1.89 bits per heavy atom. The van der Waals surface area contributed by atoms with Gasteiger partial charge in [0.25, 0.3) is 0 Å². The van der Waals surface area contributed by atoms with Crippen LogP contribution in [0.1, 0.15) is 11.4 Å². The summed E-state index contributed by atoms with van der Waals surface area (Å²) in [6.45, 7) is 1.44. The number of anilines is 1. The zero-order valence-electron chi connectivity index (χ0n) is 10.4. The highest BCUT2D eigenvalue weighted by Gasteiger charge is 2.22. The molecule has 5 heteroatoms. The maximum atomic E-state index is 12.2. The zero-order valence-corrected chi connectivity index (χ0v) is 10.4. The first-order valence-electron chi connectivity index (χ1n) is 6.19. The number of para-hydroxylation sites is 1. The number of fused-ring (bicyclic) bond motifs is 1. The van der Waals surface area contributed by atoms with E-state index in [2.05, 4.69) is 15.3 Å². The fraction of sp³-hybridized carbons (Fsp3) is 0.214. The lowest BCUT2D eigenvalue weighted by molar-refractivity contribution is -0.117. The first-order chi connectivity index (χ1) is 9.34. The van der Waals surface area contributed by atoms with Gasteiger partial charge in [-0.05, 0) is 17.7 Å². The van der Waals surface area contributed by atoms with Gasteiger partial charge in [-0.15, -0.1) is 0 Å². The maximum absolute atomic E-state index is 12.2. The van der Waals surface area contributed by atoms with Gasteiger partial charge in [0.2, 0.25) is 5.91 Å². The molecule has 0 bridgehead atoms. The van der Waals surface area contributed by atoms with E-state index in [-0.39, 0.29) is 5.91 Å². The summed E-state index contributed by atoms with van der Waals surface area (Å²) in [4.78, 5) is 22.3. The summed E-state index contributed by atoms with van der Waals surface area (Å²) in [5, 5.41) is 3.14. The van der Waals surface area contributed by atoms with Crippen molar-refractivity contribution in [2.75, 3.05) is 11.4 Å². The number of hydrogen-bond donors (Lipinski definition) is 1. The Bertz CT molecular complexity index is 585. The summed E-state index contributed by atoms with van der Waals surface area (Å²) in [6, 6.07) is 9.68. The number of nitrogens with one attached hydrogen (secondary N) is 1. The average Bonchev–Trinajstić information content (AvgIpc) is 2.61. The highest BCUT2D eigenvalue weighted by molar-refractivity contribution is 5.96. The van der Waals surface area contributed by atoms with Gasteiger partial charge in [0.1, 0.15) is 5.82 Å². The van der Waals surface area contributed by atoms with Crippen molar-refractivity contribution in [2.45, 2.75) is 13.1 Å². The number of hydrogen-bond acceptors (Lipinski definition) is 4. The number of rotatable bonds is 2. The molecule has 0 saturated carbocycles. The van der Waals surface area contributed by atoms with Crippen LogP contribution in [0.4, 0.5) is 5.69 Å². The highest BCUT2D eigenvalue weighted by atomic mass is 16.2. The van der Waals surface area contributed by atoms with Crippen LogP contribution in [0.5, 0.6) is 0 Å². The maximum Gasteiger partial charge on any atom is 0.241 e. The predicted molar refractivity (Wildman–Crippen MR) is 71.4 cm³/mol. The Morgan fingerprint density at radius 3 is 2.74 bits per heavy atom. The number of carbonyl (C=O) groups is 1. The normalized spacial score (nSPS) is 14.9. The fourth-order valence-electron chi connectivity index (χ4n) is 2.18. The van der Waals surface area contributed by atoms with Crippen molar-refractivity contribution < 1.29 is 4.79 Å². The van der Waals surface area contributed by atoms with Crippen LogP contribution in [-0.4, -0.2) is 22.4 Å². The zero-order chi connectivity index (χ0) is 13.1. The number of carbonyl (C=O) groups excluding carboxylic acids is 1. The molecule has 1 aliphatic rings. The lowest BCUT2D eigenvalue weighted by atomic mass is 10.1. The molecule has 0 unspecified atom stereocenters. The molecule has 1 N–H and O–H groups in total. The third-order valence-corrected chi connectivity index (χ3v) is 3.09. The minimum absolute atomic E-state index is 0.0393. The Morgan fingerprint density at radius 1 is 1.11 bits per heavy atom. The van der Waals surface area contributed by atoms with Crippen LogP contribution >= 0.6 is 0 Å². The molecule has 1 aromatic carbocycles. The first kappa shape index (κ1) is 11.8. The predicted octanol–water partition coefficient (Wildman–Crippen LogP) is 1.11. The number of amides is 1. The topological polar surface area (TPSA) is 58.1 Å². The van der Waals surface area contributed by atoms with Gasteiger partial charge in [0.05, 0.1) is 13.1 Å². The summed E-state index contributed by atoms with van der Waals surface area (Å²) in [5.41, 5.74) is 2.05. The van der Waals surface area contributed by atoms with E-state index < -0.39 is 0 Å². The molecule has 3 rings (SSSR count). The van der Waals surface area contributed by atoms with Gasteiger partial charge in [-0.2, -0.15) is 0 Å². The second-order valence-electron chi connectivity index (χ2n) is 4.38. The highest BCUT2D eigenvalue weighted by Crippen LogP contribution is 2.23. The van der Waals surface area contributed by atoms with Crippen molar-refractivity contribution in [3.63, 3.8) is 0 Å². The van der Waals surface area contributed by atoms with E-state index in [4.69, 9.17) is 0 Å². The van der Waals surface area contributed by atoms with Gasteiger partial charge >= 0.3 is 0 Å². The molecule has 5 nitrogen and oxygen atoms in total. The molecule has 0 aliphatic carbocycles. The van der Waals surface area contributed by atoms with E-state index in [0.717, 1.165) is 11.3 Å². The van der Waals surface area contributed by atoms with Crippen molar-refractivity contribution in [3.8, 4) is 0 Å². The van der Waals surface area contributed by atoms with Crippen LogP contribution in [0, 0.1) is 0 Å². The summed E-state index contributed by atoms with van der Waals surface area (Å²) < 4.78 is 0. The second kappa shape index (κ2) is 5.16. The summed E-state index contributed by atoms with van der Waals surface area (Å²) >= 11 is 0. The minimum Gasteiger partial charge on any atom is -0.304 e. The van der Waals surface area contributed by atoms with Gasteiger partial charge in [-0.25, -0.2) is 9.97 Å². The number of nitrogens with zero attached hydrogens (tertiary/aromatic N) is 3. The molecule has 0 radical (unpaired) electrons. The van der Waals surface area contributed by atoms with Gasteiger partial charge in [-0.3, -0.25) is 4.79 Å². The smallest absolute Gasteiger partial charge is 0.241 e. The molecule has 0 spiro atoms. The van der Waals surface area contributed by atoms with Crippen molar-refractivity contribution in [1.29, 1.82) is 0 Å².